The molecule has 0 aromatic carbocycles. The molecule has 0 spiro atoms. The van der Waals surface area contributed by atoms with Crippen molar-refractivity contribution in [3.63, 3.8) is 0 Å². The lowest BCUT2D eigenvalue weighted by Gasteiger charge is -2.07. The van der Waals surface area contributed by atoms with Crippen molar-refractivity contribution in [2.24, 2.45) is 5.73 Å². The molecule has 0 fully saturated rings. The Labute approximate surface area is 77.8 Å². The van der Waals surface area contributed by atoms with E-state index in [4.69, 9.17) is 5.73 Å². The van der Waals surface area contributed by atoms with E-state index in [1.165, 1.54) is 24.1 Å². The maximum atomic E-state index is 5.95. The fourth-order valence-corrected chi connectivity index (χ4v) is 1.82. The second-order valence-corrected chi connectivity index (χ2v) is 3.92. The van der Waals surface area contributed by atoms with E-state index in [-0.39, 0.29) is 6.04 Å². The molecule has 1 aromatic rings. The lowest BCUT2D eigenvalue weighted by Crippen LogP contribution is -2.07. The van der Waals surface area contributed by atoms with E-state index < -0.39 is 0 Å². The summed E-state index contributed by atoms with van der Waals surface area (Å²) in [5.41, 5.74) is 7.79. The van der Waals surface area contributed by atoms with E-state index in [9.17, 15) is 0 Å². The molecule has 2 N–H and O–H groups in total. The summed E-state index contributed by atoms with van der Waals surface area (Å²) < 4.78 is 0. The molecule has 1 heterocycles. The van der Waals surface area contributed by atoms with E-state index in [0.717, 1.165) is 6.42 Å². The topological polar surface area (TPSA) is 38.9 Å². The van der Waals surface area contributed by atoms with Gasteiger partial charge in [-0.15, -0.1) is 11.3 Å². The number of aromatic nitrogens is 1. The predicted octanol–water partition coefficient (Wildman–Crippen LogP) is 2.72. The van der Waals surface area contributed by atoms with Crippen molar-refractivity contribution in [2.45, 2.75) is 38.6 Å². The van der Waals surface area contributed by atoms with Gasteiger partial charge in [0.25, 0.3) is 0 Å². The van der Waals surface area contributed by atoms with Crippen LogP contribution in [0, 0.1) is 0 Å². The Bertz CT molecular complexity index is 196. The Morgan fingerprint density at radius 3 is 3.00 bits per heavy atom. The highest BCUT2D eigenvalue weighted by Gasteiger charge is 2.05. The van der Waals surface area contributed by atoms with Gasteiger partial charge in [0.1, 0.15) is 0 Å². The van der Waals surface area contributed by atoms with Gasteiger partial charge in [-0.05, 0) is 6.42 Å². The maximum absolute atomic E-state index is 5.95. The van der Waals surface area contributed by atoms with Gasteiger partial charge in [0.15, 0.2) is 0 Å². The van der Waals surface area contributed by atoms with Gasteiger partial charge in [-0.25, -0.2) is 0 Å². The number of hydrogen-bond acceptors (Lipinski definition) is 3. The second kappa shape index (κ2) is 5.27. The monoisotopic (exact) mass is 184 g/mol. The Hall–Kier alpha value is -0.410. The first-order valence-corrected chi connectivity index (χ1v) is 5.36. The third-order valence-corrected chi connectivity index (χ3v) is 2.84. The number of nitrogens with zero attached hydrogens (tertiary/aromatic N) is 1. The number of rotatable bonds is 5. The first-order chi connectivity index (χ1) is 5.84. The summed E-state index contributed by atoms with van der Waals surface area (Å²) in [6.07, 6.45) is 6.74. The fourth-order valence-electron chi connectivity index (χ4n) is 1.17. The Morgan fingerprint density at radius 1 is 1.58 bits per heavy atom. The van der Waals surface area contributed by atoms with Crippen LogP contribution in [0.3, 0.4) is 0 Å². The molecule has 0 aliphatic rings. The maximum Gasteiger partial charge on any atom is 0.0794 e. The molecular formula is C9H16N2S. The molecule has 0 amide bonds. The van der Waals surface area contributed by atoms with Crippen molar-refractivity contribution < 1.29 is 0 Å². The van der Waals surface area contributed by atoms with Gasteiger partial charge in [0, 0.05) is 17.1 Å². The molecule has 0 radical (unpaired) electrons. The molecule has 1 atom stereocenters. The number of hydrogen-bond donors (Lipinski definition) is 1. The van der Waals surface area contributed by atoms with Crippen LogP contribution in [-0.4, -0.2) is 4.98 Å². The molecule has 2 nitrogen and oxygen atoms in total. The quantitative estimate of drug-likeness (QED) is 0.715. The van der Waals surface area contributed by atoms with Crippen LogP contribution in [0.1, 0.15) is 43.5 Å². The lowest BCUT2D eigenvalue weighted by atomic mass is 10.1. The predicted molar refractivity (Wildman–Crippen MR) is 53.2 cm³/mol. The van der Waals surface area contributed by atoms with Crippen molar-refractivity contribution in [1.29, 1.82) is 0 Å². The van der Waals surface area contributed by atoms with E-state index in [0.29, 0.717) is 0 Å². The molecule has 12 heavy (non-hydrogen) atoms. The summed E-state index contributed by atoms with van der Waals surface area (Å²) in [6, 6.07) is 0.212. The second-order valence-electron chi connectivity index (χ2n) is 3.01. The molecule has 3 heteroatoms. The van der Waals surface area contributed by atoms with Crippen molar-refractivity contribution in [3.05, 3.63) is 16.6 Å². The van der Waals surface area contributed by atoms with Crippen LogP contribution < -0.4 is 5.73 Å². The molecule has 0 aliphatic heterocycles. The van der Waals surface area contributed by atoms with Gasteiger partial charge in [-0.2, -0.15) is 0 Å². The van der Waals surface area contributed by atoms with E-state index in [2.05, 4.69) is 11.9 Å². The minimum atomic E-state index is 0.212. The van der Waals surface area contributed by atoms with Gasteiger partial charge in [0.2, 0.25) is 0 Å². The minimum Gasteiger partial charge on any atom is -0.323 e. The molecule has 1 aromatic heterocycles. The highest BCUT2D eigenvalue weighted by Crippen LogP contribution is 2.19. The molecule has 0 aliphatic carbocycles. The fraction of sp³-hybridized carbons (Fsp3) is 0.667. The van der Waals surface area contributed by atoms with Crippen molar-refractivity contribution >= 4 is 11.3 Å². The largest absolute Gasteiger partial charge is 0.323 e. The molecule has 1 rings (SSSR count). The normalized spacial score (nSPS) is 13.2. The summed E-state index contributed by atoms with van der Waals surface area (Å²) >= 11 is 1.65. The summed E-state index contributed by atoms with van der Waals surface area (Å²) in [5, 5.41) is 0. The minimum absolute atomic E-state index is 0.212. The average Bonchev–Trinajstić information content (AvgIpc) is 2.56. The van der Waals surface area contributed by atoms with Gasteiger partial charge in [-0.3, -0.25) is 4.98 Å². The first-order valence-electron chi connectivity index (χ1n) is 4.48. The number of thiazole rings is 1. The number of unbranched alkanes of at least 4 members (excludes halogenated alkanes) is 2. The SMILES string of the molecule is CCCCCC(N)c1cncs1. The van der Waals surface area contributed by atoms with Crippen LogP contribution in [0.2, 0.25) is 0 Å². The van der Waals surface area contributed by atoms with Crippen LogP contribution in [-0.2, 0) is 0 Å². The van der Waals surface area contributed by atoms with E-state index in [1.54, 1.807) is 11.3 Å². The van der Waals surface area contributed by atoms with Gasteiger partial charge >= 0.3 is 0 Å². The van der Waals surface area contributed by atoms with Crippen LogP contribution in [0.4, 0.5) is 0 Å². The van der Waals surface area contributed by atoms with E-state index >= 15 is 0 Å². The zero-order valence-electron chi connectivity index (χ0n) is 7.49. The van der Waals surface area contributed by atoms with Gasteiger partial charge < -0.3 is 5.73 Å². The van der Waals surface area contributed by atoms with Crippen LogP contribution in [0.5, 0.6) is 0 Å². The molecular weight excluding hydrogens is 168 g/mol. The Balaban J connectivity index is 2.25. The van der Waals surface area contributed by atoms with Crippen LogP contribution in [0.25, 0.3) is 0 Å². The van der Waals surface area contributed by atoms with E-state index in [1.807, 2.05) is 11.7 Å². The van der Waals surface area contributed by atoms with Crippen molar-refractivity contribution in [1.82, 2.24) is 4.98 Å². The van der Waals surface area contributed by atoms with Crippen LogP contribution >= 0.6 is 11.3 Å². The molecule has 0 saturated heterocycles. The molecule has 0 bridgehead atoms. The zero-order valence-corrected chi connectivity index (χ0v) is 8.31. The number of nitrogens with two attached hydrogens (primary N) is 1. The van der Waals surface area contributed by atoms with Crippen molar-refractivity contribution in [3.8, 4) is 0 Å². The third-order valence-electron chi connectivity index (χ3n) is 1.94. The molecule has 1 unspecified atom stereocenters. The summed E-state index contributed by atoms with van der Waals surface area (Å²) in [4.78, 5) is 5.22. The average molecular weight is 184 g/mol. The standard InChI is InChI=1S/C9H16N2S/c1-2-3-4-5-8(10)9-6-11-7-12-9/h6-8H,2-5,10H2,1H3. The van der Waals surface area contributed by atoms with Gasteiger partial charge in [-0.1, -0.05) is 26.2 Å². The Morgan fingerprint density at radius 2 is 2.42 bits per heavy atom. The summed E-state index contributed by atoms with van der Waals surface area (Å²) in [5.74, 6) is 0. The van der Waals surface area contributed by atoms with Crippen molar-refractivity contribution in [2.75, 3.05) is 0 Å². The van der Waals surface area contributed by atoms with Crippen LogP contribution in [0.15, 0.2) is 11.7 Å². The lowest BCUT2D eigenvalue weighted by molar-refractivity contribution is 0.587. The summed E-state index contributed by atoms with van der Waals surface area (Å²) in [7, 11) is 0. The highest BCUT2D eigenvalue weighted by molar-refractivity contribution is 7.09. The third kappa shape index (κ3) is 2.91. The smallest absolute Gasteiger partial charge is 0.0794 e. The highest BCUT2D eigenvalue weighted by atomic mass is 32.1. The first kappa shape index (κ1) is 9.68. The molecule has 0 saturated carbocycles. The van der Waals surface area contributed by atoms with Gasteiger partial charge in [0.05, 0.1) is 5.51 Å². The molecule has 68 valence electrons. The Kier molecular flexibility index (Phi) is 4.25. The summed E-state index contributed by atoms with van der Waals surface area (Å²) in [6.45, 7) is 2.21. The zero-order chi connectivity index (χ0) is 8.81.